The minimum Gasteiger partial charge on any atom is -0.491 e. The molecule has 1 aromatic carbocycles. The number of fused-ring (bicyclic) bond motifs is 1. The van der Waals surface area contributed by atoms with Crippen molar-refractivity contribution in [3.05, 3.63) is 76.8 Å². The van der Waals surface area contributed by atoms with Crippen molar-refractivity contribution in [2.75, 3.05) is 31.6 Å². The third-order valence-electron chi connectivity index (χ3n) is 8.64. The maximum absolute atomic E-state index is 14.2. The molecule has 242 valence electrons. The number of Topliss-reactive ketones (excluding diaryl/α,β-unsaturated/α-hetero) is 1. The summed E-state index contributed by atoms with van der Waals surface area (Å²) in [5.41, 5.74) is 1.43. The Morgan fingerprint density at radius 3 is 2.52 bits per heavy atom. The van der Waals surface area contributed by atoms with Crippen LogP contribution in [0.5, 0.6) is 5.75 Å². The third kappa shape index (κ3) is 5.90. The Balaban J connectivity index is 1.33. The zero-order valence-corrected chi connectivity index (χ0v) is 25.9. The van der Waals surface area contributed by atoms with Crippen LogP contribution < -0.4 is 9.64 Å². The van der Waals surface area contributed by atoms with Crippen molar-refractivity contribution in [2.45, 2.75) is 52.5 Å². The van der Waals surface area contributed by atoms with Crippen LogP contribution in [0, 0.1) is 19.8 Å². The maximum Gasteiger partial charge on any atom is 0.435 e. The molecule has 6 rings (SSSR count). The standard InChI is InChI=1S/C32H34F3N7O4/c1-5-42-16-26(30(38-42)32(33,34)35)24-10-20(13-40-7-6-36-19(40)3)11-25-28(43)21(17-46-29(24)25)12-22-8-18(2)9-27(37-22)41-14-23(15-41)39(4)31(44)45/h6-11,16,21,23H,5,12-15,17H2,1-4H3,(H,44,45). The van der Waals surface area contributed by atoms with Gasteiger partial charge in [-0.25, -0.2) is 14.8 Å². The summed E-state index contributed by atoms with van der Waals surface area (Å²) < 4.78 is 51.7. The number of hydrogen-bond donors (Lipinski definition) is 1. The molecule has 46 heavy (non-hydrogen) atoms. The number of amides is 1. The number of carbonyl (C=O) groups is 2. The molecule has 1 N–H and O–H groups in total. The second-order valence-electron chi connectivity index (χ2n) is 11.9. The molecule has 1 saturated heterocycles. The minimum absolute atomic E-state index is 0.0256. The molecule has 2 aliphatic heterocycles. The lowest BCUT2D eigenvalue weighted by molar-refractivity contribution is -0.141. The molecule has 1 unspecified atom stereocenters. The van der Waals surface area contributed by atoms with Crippen LogP contribution in [0.3, 0.4) is 0 Å². The summed E-state index contributed by atoms with van der Waals surface area (Å²) in [6, 6.07) is 7.00. The molecular formula is C32H34F3N7O4. The van der Waals surface area contributed by atoms with Crippen LogP contribution in [-0.2, 0) is 25.7 Å². The van der Waals surface area contributed by atoms with Crippen molar-refractivity contribution >= 4 is 17.7 Å². The lowest BCUT2D eigenvalue weighted by Crippen LogP contribution is -2.60. The van der Waals surface area contributed by atoms with Crippen LogP contribution in [0.2, 0.25) is 0 Å². The van der Waals surface area contributed by atoms with E-state index in [1.807, 2.05) is 35.4 Å². The smallest absolute Gasteiger partial charge is 0.435 e. The maximum atomic E-state index is 14.2. The predicted molar refractivity (Wildman–Crippen MR) is 162 cm³/mol. The normalized spacial score (nSPS) is 16.6. The molecule has 11 nitrogen and oxygen atoms in total. The van der Waals surface area contributed by atoms with Gasteiger partial charge in [-0.15, -0.1) is 0 Å². The number of benzene rings is 1. The summed E-state index contributed by atoms with van der Waals surface area (Å²) in [7, 11) is 1.54. The van der Waals surface area contributed by atoms with Gasteiger partial charge in [0.15, 0.2) is 11.5 Å². The molecule has 0 bridgehead atoms. The number of ketones is 1. The van der Waals surface area contributed by atoms with E-state index in [9.17, 15) is 27.9 Å². The average Bonchev–Trinajstić information content (AvgIpc) is 3.59. The van der Waals surface area contributed by atoms with Gasteiger partial charge in [-0.05, 0) is 56.2 Å². The van der Waals surface area contributed by atoms with Crippen molar-refractivity contribution in [3.8, 4) is 16.9 Å². The number of alkyl halides is 3. The van der Waals surface area contributed by atoms with Gasteiger partial charge >= 0.3 is 12.3 Å². The second kappa shape index (κ2) is 11.8. The lowest BCUT2D eigenvalue weighted by Gasteiger charge is -2.43. The molecule has 2 aliphatic rings. The average molecular weight is 638 g/mol. The number of aromatic nitrogens is 5. The number of rotatable bonds is 8. The summed E-state index contributed by atoms with van der Waals surface area (Å²) in [5, 5.41) is 13.1. The molecule has 1 atom stereocenters. The molecule has 0 radical (unpaired) electrons. The number of carboxylic acid groups (broad SMARTS) is 1. The Hall–Kier alpha value is -4.88. The SMILES string of the molecule is CCn1cc(-c2cc(Cn3ccnc3C)cc3c2OCC(Cc2cc(C)cc(N4CC(N(C)C(=O)O)C4)n2)C3=O)c(C(F)(F)F)n1. The van der Waals surface area contributed by atoms with E-state index < -0.39 is 23.9 Å². The van der Waals surface area contributed by atoms with Crippen LogP contribution in [0.4, 0.5) is 23.8 Å². The van der Waals surface area contributed by atoms with Crippen molar-refractivity contribution in [3.63, 3.8) is 0 Å². The fourth-order valence-corrected chi connectivity index (χ4v) is 5.99. The molecule has 1 fully saturated rings. The van der Waals surface area contributed by atoms with Crippen LogP contribution >= 0.6 is 0 Å². The molecule has 0 spiro atoms. The van der Waals surface area contributed by atoms with Gasteiger partial charge in [0.05, 0.1) is 24.1 Å². The van der Waals surface area contributed by atoms with E-state index in [-0.39, 0.29) is 53.8 Å². The monoisotopic (exact) mass is 637 g/mol. The Morgan fingerprint density at radius 1 is 1.13 bits per heavy atom. The number of halogens is 3. The zero-order valence-electron chi connectivity index (χ0n) is 25.9. The number of likely N-dealkylation sites (N-methyl/N-ethyl adjacent to an activating group) is 1. The van der Waals surface area contributed by atoms with E-state index in [2.05, 4.69) is 10.1 Å². The minimum atomic E-state index is -4.71. The van der Waals surface area contributed by atoms with Gasteiger partial charge in [-0.2, -0.15) is 18.3 Å². The number of pyridine rings is 1. The Kier molecular flexibility index (Phi) is 7.99. The second-order valence-corrected chi connectivity index (χ2v) is 11.9. The van der Waals surface area contributed by atoms with Crippen LogP contribution in [0.1, 0.15) is 45.6 Å². The van der Waals surface area contributed by atoms with Gasteiger partial charge in [-0.3, -0.25) is 9.48 Å². The van der Waals surface area contributed by atoms with E-state index in [0.29, 0.717) is 36.7 Å². The Morgan fingerprint density at radius 2 is 1.87 bits per heavy atom. The topological polar surface area (TPSA) is 119 Å². The molecular weight excluding hydrogens is 603 g/mol. The van der Waals surface area contributed by atoms with E-state index in [0.717, 1.165) is 11.4 Å². The lowest BCUT2D eigenvalue weighted by atomic mass is 9.87. The first-order valence-corrected chi connectivity index (χ1v) is 15.0. The van der Waals surface area contributed by atoms with Crippen molar-refractivity contribution in [1.82, 2.24) is 29.2 Å². The molecule has 1 amide bonds. The molecule has 0 saturated carbocycles. The van der Waals surface area contributed by atoms with Crippen molar-refractivity contribution < 1.29 is 32.6 Å². The first-order valence-electron chi connectivity index (χ1n) is 15.0. The molecule has 5 heterocycles. The van der Waals surface area contributed by atoms with E-state index in [1.165, 1.54) is 15.8 Å². The summed E-state index contributed by atoms with van der Waals surface area (Å²) in [4.78, 5) is 37.7. The largest absolute Gasteiger partial charge is 0.491 e. The predicted octanol–water partition coefficient (Wildman–Crippen LogP) is 5.08. The number of anilines is 1. The Bertz CT molecular complexity index is 1810. The highest BCUT2D eigenvalue weighted by atomic mass is 19.4. The first-order chi connectivity index (χ1) is 21.8. The highest BCUT2D eigenvalue weighted by Gasteiger charge is 2.40. The summed E-state index contributed by atoms with van der Waals surface area (Å²) in [5.74, 6) is 0.678. The number of imidazole rings is 1. The number of hydrogen-bond acceptors (Lipinski definition) is 7. The van der Waals surface area contributed by atoms with Crippen LogP contribution in [0.15, 0.2) is 42.9 Å². The highest BCUT2D eigenvalue weighted by Crippen LogP contribution is 2.44. The quantitative estimate of drug-likeness (QED) is 0.284. The summed E-state index contributed by atoms with van der Waals surface area (Å²) in [6.07, 6.45) is -0.682. The zero-order chi connectivity index (χ0) is 32.9. The van der Waals surface area contributed by atoms with Gasteiger partial charge < -0.3 is 24.2 Å². The highest BCUT2D eigenvalue weighted by molar-refractivity contribution is 6.04. The van der Waals surface area contributed by atoms with E-state index >= 15 is 0 Å². The van der Waals surface area contributed by atoms with Gasteiger partial charge in [0.1, 0.15) is 17.4 Å². The Labute approximate surface area is 263 Å². The van der Waals surface area contributed by atoms with Crippen LogP contribution in [0.25, 0.3) is 11.1 Å². The molecule has 14 heteroatoms. The van der Waals surface area contributed by atoms with Gasteiger partial charge in [0, 0.05) is 75.1 Å². The fourth-order valence-electron chi connectivity index (χ4n) is 5.99. The van der Waals surface area contributed by atoms with Gasteiger partial charge in [0.25, 0.3) is 0 Å². The van der Waals surface area contributed by atoms with Gasteiger partial charge in [0.2, 0.25) is 0 Å². The first kappa shape index (κ1) is 31.1. The number of ether oxygens (including phenoxy) is 1. The van der Waals surface area contributed by atoms with E-state index in [4.69, 9.17) is 9.72 Å². The van der Waals surface area contributed by atoms with Crippen molar-refractivity contribution in [2.24, 2.45) is 5.92 Å². The van der Waals surface area contributed by atoms with Crippen LogP contribution in [-0.4, -0.2) is 79.0 Å². The number of carbonyl (C=O) groups excluding carboxylic acids is 1. The molecule has 3 aromatic heterocycles. The molecule has 0 aliphatic carbocycles. The van der Waals surface area contributed by atoms with Crippen molar-refractivity contribution in [1.29, 1.82) is 0 Å². The molecule has 4 aromatic rings. The van der Waals surface area contributed by atoms with Gasteiger partial charge in [-0.1, -0.05) is 0 Å². The van der Waals surface area contributed by atoms with E-state index in [1.54, 1.807) is 38.5 Å². The summed E-state index contributed by atoms with van der Waals surface area (Å²) in [6.45, 7) is 6.98. The number of nitrogens with zero attached hydrogens (tertiary/aromatic N) is 7. The number of aryl methyl sites for hydroxylation is 3. The fraction of sp³-hybridized carbons (Fsp3) is 0.406. The third-order valence-corrected chi connectivity index (χ3v) is 8.64. The summed E-state index contributed by atoms with van der Waals surface area (Å²) >= 11 is 0.